The fraction of sp³-hybridized carbons (Fsp3) is 0.571. The number of benzene rings is 1. The summed E-state index contributed by atoms with van der Waals surface area (Å²) < 4.78 is -0.252. The molecule has 0 aromatic heterocycles. The molecule has 1 rings (SSSR count). The van der Waals surface area contributed by atoms with Gasteiger partial charge in [-0.2, -0.15) is 0 Å². The zero-order valence-corrected chi connectivity index (χ0v) is 11.6. The molecule has 0 bridgehead atoms. The normalized spacial score (nSPS) is 15.6. The molecule has 0 heterocycles. The molecule has 1 aromatic carbocycles. The van der Waals surface area contributed by atoms with Crippen LogP contribution in [0, 0.1) is 5.92 Å². The fourth-order valence-electron chi connectivity index (χ4n) is 1.71. The predicted molar refractivity (Wildman–Crippen MR) is 74.1 cm³/mol. The molecule has 2 atom stereocenters. The van der Waals surface area contributed by atoms with Gasteiger partial charge < -0.3 is 10.2 Å². The maximum Gasteiger partial charge on any atom is 0.0728 e. The number of rotatable bonds is 6. The molecule has 0 aliphatic rings. The van der Waals surface area contributed by atoms with Crippen molar-refractivity contribution in [1.29, 1.82) is 0 Å². The van der Waals surface area contributed by atoms with E-state index in [9.17, 15) is 5.11 Å². The van der Waals surface area contributed by atoms with Crippen LogP contribution in [0.3, 0.4) is 0 Å². The zero-order chi connectivity index (χ0) is 12.9. The maximum absolute atomic E-state index is 10.1. The minimum Gasteiger partial charge on any atom is -0.396 e. The van der Waals surface area contributed by atoms with E-state index in [1.807, 2.05) is 39.0 Å². The molecule has 0 aliphatic heterocycles. The van der Waals surface area contributed by atoms with E-state index < -0.39 is 6.10 Å². The van der Waals surface area contributed by atoms with Crippen LogP contribution in [0.4, 0.5) is 0 Å². The van der Waals surface area contributed by atoms with Crippen molar-refractivity contribution < 1.29 is 10.2 Å². The van der Waals surface area contributed by atoms with Crippen LogP contribution in [-0.2, 0) is 5.75 Å². The molecule has 2 unspecified atom stereocenters. The third-order valence-electron chi connectivity index (χ3n) is 2.99. The Bertz CT molecular complexity index is 324. The standard InChI is InChI=1S/C14H22O2S/c1-11(9-15)13(16)14(2,3)17-10-12-7-5-4-6-8-12/h4-8,11,13,15-16H,9-10H2,1-3H3. The number of hydrogen-bond acceptors (Lipinski definition) is 3. The Hall–Kier alpha value is -0.510. The third-order valence-corrected chi connectivity index (χ3v) is 4.46. The topological polar surface area (TPSA) is 40.5 Å². The molecule has 0 aliphatic carbocycles. The molecule has 0 amide bonds. The van der Waals surface area contributed by atoms with E-state index in [1.54, 1.807) is 11.8 Å². The minimum absolute atomic E-state index is 0.0243. The van der Waals surface area contributed by atoms with Gasteiger partial charge in [-0.1, -0.05) is 37.3 Å². The largest absolute Gasteiger partial charge is 0.396 e. The first-order valence-electron chi connectivity index (χ1n) is 5.94. The second-order valence-corrected chi connectivity index (χ2v) is 6.61. The average Bonchev–Trinajstić information content (AvgIpc) is 2.36. The molecule has 0 saturated carbocycles. The lowest BCUT2D eigenvalue weighted by atomic mass is 9.95. The van der Waals surface area contributed by atoms with Crippen molar-refractivity contribution in [3.05, 3.63) is 35.9 Å². The van der Waals surface area contributed by atoms with Crippen LogP contribution < -0.4 is 0 Å². The van der Waals surface area contributed by atoms with E-state index in [4.69, 9.17) is 5.11 Å². The molecule has 0 spiro atoms. The minimum atomic E-state index is -0.499. The van der Waals surface area contributed by atoms with Crippen molar-refractivity contribution in [2.24, 2.45) is 5.92 Å². The Morgan fingerprint density at radius 1 is 1.24 bits per heavy atom. The molecule has 0 radical (unpaired) electrons. The molecule has 17 heavy (non-hydrogen) atoms. The van der Waals surface area contributed by atoms with Crippen molar-refractivity contribution >= 4 is 11.8 Å². The highest BCUT2D eigenvalue weighted by Gasteiger charge is 2.32. The van der Waals surface area contributed by atoms with E-state index in [0.29, 0.717) is 0 Å². The smallest absolute Gasteiger partial charge is 0.0728 e. The number of thioether (sulfide) groups is 1. The molecule has 1 aromatic rings. The van der Waals surface area contributed by atoms with Gasteiger partial charge in [0.15, 0.2) is 0 Å². The Morgan fingerprint density at radius 3 is 2.35 bits per heavy atom. The fourth-order valence-corrected chi connectivity index (χ4v) is 2.85. The lowest BCUT2D eigenvalue weighted by Gasteiger charge is -2.33. The number of aliphatic hydroxyl groups is 2. The average molecular weight is 254 g/mol. The van der Waals surface area contributed by atoms with Crippen LogP contribution in [-0.4, -0.2) is 27.7 Å². The van der Waals surface area contributed by atoms with Gasteiger partial charge in [0.05, 0.1) is 6.10 Å². The quantitative estimate of drug-likeness (QED) is 0.820. The van der Waals surface area contributed by atoms with Crippen molar-refractivity contribution in [1.82, 2.24) is 0 Å². The lowest BCUT2D eigenvalue weighted by Crippen LogP contribution is -2.39. The van der Waals surface area contributed by atoms with Gasteiger partial charge in [-0.3, -0.25) is 0 Å². The summed E-state index contributed by atoms with van der Waals surface area (Å²) in [6.45, 7) is 5.95. The molecule has 0 fully saturated rings. The SMILES string of the molecule is CC(CO)C(O)C(C)(C)SCc1ccccc1. The highest BCUT2D eigenvalue weighted by molar-refractivity contribution is 7.99. The van der Waals surface area contributed by atoms with Crippen LogP contribution in [0.1, 0.15) is 26.3 Å². The van der Waals surface area contributed by atoms with Gasteiger partial charge in [0.2, 0.25) is 0 Å². The Labute approximate surface area is 108 Å². The van der Waals surface area contributed by atoms with Crippen molar-refractivity contribution in [3.8, 4) is 0 Å². The van der Waals surface area contributed by atoms with Crippen molar-refractivity contribution in [3.63, 3.8) is 0 Å². The highest BCUT2D eigenvalue weighted by atomic mass is 32.2. The Morgan fingerprint density at radius 2 is 1.82 bits per heavy atom. The summed E-state index contributed by atoms with van der Waals surface area (Å²) in [4.78, 5) is 0. The van der Waals surface area contributed by atoms with E-state index in [-0.39, 0.29) is 17.3 Å². The van der Waals surface area contributed by atoms with E-state index >= 15 is 0 Å². The van der Waals surface area contributed by atoms with Crippen LogP contribution in [0.15, 0.2) is 30.3 Å². The molecule has 96 valence electrons. The second-order valence-electron chi connectivity index (χ2n) is 4.98. The monoisotopic (exact) mass is 254 g/mol. The number of aliphatic hydroxyl groups excluding tert-OH is 2. The van der Waals surface area contributed by atoms with Gasteiger partial charge in [0, 0.05) is 23.0 Å². The summed E-state index contributed by atoms with van der Waals surface area (Å²) in [5, 5.41) is 19.2. The molecule has 3 heteroatoms. The summed E-state index contributed by atoms with van der Waals surface area (Å²) in [7, 11) is 0. The van der Waals surface area contributed by atoms with Crippen molar-refractivity contribution in [2.75, 3.05) is 6.61 Å². The molecule has 2 nitrogen and oxygen atoms in total. The summed E-state index contributed by atoms with van der Waals surface area (Å²) >= 11 is 1.72. The summed E-state index contributed by atoms with van der Waals surface area (Å²) in [6, 6.07) is 10.2. The Balaban J connectivity index is 2.55. The van der Waals surface area contributed by atoms with Crippen LogP contribution in [0.2, 0.25) is 0 Å². The molecule has 2 N–H and O–H groups in total. The van der Waals surface area contributed by atoms with Gasteiger partial charge in [0.1, 0.15) is 0 Å². The van der Waals surface area contributed by atoms with Gasteiger partial charge in [-0.25, -0.2) is 0 Å². The van der Waals surface area contributed by atoms with Crippen LogP contribution in [0.5, 0.6) is 0 Å². The van der Waals surface area contributed by atoms with Gasteiger partial charge in [0.25, 0.3) is 0 Å². The summed E-state index contributed by atoms with van der Waals surface area (Å²) in [6.07, 6.45) is -0.499. The molecular formula is C14H22O2S. The van der Waals surface area contributed by atoms with Crippen molar-refractivity contribution in [2.45, 2.75) is 37.4 Å². The maximum atomic E-state index is 10.1. The lowest BCUT2D eigenvalue weighted by molar-refractivity contribution is 0.0550. The first-order chi connectivity index (χ1) is 7.97. The Kier molecular flexibility index (Phi) is 5.50. The molecule has 0 saturated heterocycles. The van der Waals surface area contributed by atoms with Gasteiger partial charge in [-0.15, -0.1) is 11.8 Å². The van der Waals surface area contributed by atoms with E-state index in [0.717, 1.165) is 5.75 Å². The highest BCUT2D eigenvalue weighted by Crippen LogP contribution is 2.34. The third kappa shape index (κ3) is 4.34. The first-order valence-corrected chi connectivity index (χ1v) is 6.92. The van der Waals surface area contributed by atoms with E-state index in [1.165, 1.54) is 5.56 Å². The van der Waals surface area contributed by atoms with Crippen LogP contribution >= 0.6 is 11.8 Å². The molecular weight excluding hydrogens is 232 g/mol. The van der Waals surface area contributed by atoms with Gasteiger partial charge >= 0.3 is 0 Å². The summed E-state index contributed by atoms with van der Waals surface area (Å²) in [5.41, 5.74) is 1.26. The van der Waals surface area contributed by atoms with Crippen LogP contribution in [0.25, 0.3) is 0 Å². The first kappa shape index (κ1) is 14.6. The predicted octanol–water partition coefficient (Wildman–Crippen LogP) is 2.69. The van der Waals surface area contributed by atoms with Gasteiger partial charge in [-0.05, 0) is 19.4 Å². The summed E-state index contributed by atoms with van der Waals surface area (Å²) in [5.74, 6) is 0.788. The number of hydrogen-bond donors (Lipinski definition) is 2. The second kappa shape index (κ2) is 6.43. The van der Waals surface area contributed by atoms with E-state index in [2.05, 4.69) is 12.1 Å². The zero-order valence-electron chi connectivity index (χ0n) is 10.8.